The second kappa shape index (κ2) is 5.05. The van der Waals surface area contributed by atoms with Gasteiger partial charge in [0.15, 0.2) is 0 Å². The molecule has 0 radical (unpaired) electrons. The van der Waals surface area contributed by atoms with E-state index in [9.17, 15) is 9.59 Å². The minimum Gasteiger partial charge on any atom is -0.320 e. The third-order valence-corrected chi connectivity index (χ3v) is 3.58. The molecule has 0 bridgehead atoms. The van der Waals surface area contributed by atoms with Crippen LogP contribution in [-0.2, 0) is 13.0 Å². The van der Waals surface area contributed by atoms with Crippen LogP contribution < -0.4 is 10.9 Å². The molecule has 104 valence electrons. The maximum absolute atomic E-state index is 12.2. The summed E-state index contributed by atoms with van der Waals surface area (Å²) in [4.78, 5) is 25.3. The van der Waals surface area contributed by atoms with Crippen molar-refractivity contribution < 1.29 is 4.79 Å². The number of amides is 2. The molecule has 1 aromatic heterocycles. The molecule has 0 saturated carbocycles. The van der Waals surface area contributed by atoms with Crippen molar-refractivity contribution in [3.05, 3.63) is 50.9 Å². The highest BCUT2D eigenvalue weighted by atomic mass is 35.5. The van der Waals surface area contributed by atoms with Gasteiger partial charge in [0.05, 0.1) is 12.1 Å². The largest absolute Gasteiger partial charge is 0.322 e. The molecule has 0 saturated heterocycles. The maximum atomic E-state index is 12.2. The third kappa shape index (κ3) is 2.42. The number of nitrogens with zero attached hydrogens (tertiary/aromatic N) is 1. The molecular formula is C13H13ClN4O2. The summed E-state index contributed by atoms with van der Waals surface area (Å²) >= 11 is 5.79. The molecule has 2 amide bonds. The van der Waals surface area contributed by atoms with Crippen molar-refractivity contribution in [1.82, 2.24) is 15.1 Å². The number of aromatic nitrogens is 2. The fourth-order valence-electron chi connectivity index (χ4n) is 2.23. The third-order valence-electron chi connectivity index (χ3n) is 3.33. The van der Waals surface area contributed by atoms with Gasteiger partial charge >= 0.3 is 6.03 Å². The van der Waals surface area contributed by atoms with Gasteiger partial charge in [-0.05, 0) is 24.3 Å². The number of anilines is 1. The average Bonchev–Trinajstić information content (AvgIpc) is 2.82. The van der Waals surface area contributed by atoms with E-state index in [-0.39, 0.29) is 11.6 Å². The van der Waals surface area contributed by atoms with Crippen LogP contribution in [0, 0.1) is 0 Å². The number of H-pyrrole nitrogens is 2. The summed E-state index contributed by atoms with van der Waals surface area (Å²) in [5, 5.41) is 8.77. The summed E-state index contributed by atoms with van der Waals surface area (Å²) < 4.78 is 0. The Hall–Kier alpha value is -2.21. The minimum absolute atomic E-state index is 0.163. The zero-order chi connectivity index (χ0) is 14.1. The monoisotopic (exact) mass is 292 g/mol. The number of hydrogen-bond acceptors (Lipinski definition) is 2. The first kappa shape index (κ1) is 12.8. The van der Waals surface area contributed by atoms with E-state index in [0.717, 1.165) is 5.69 Å². The van der Waals surface area contributed by atoms with Gasteiger partial charge in [-0.25, -0.2) is 4.79 Å². The second-order valence-electron chi connectivity index (χ2n) is 4.64. The van der Waals surface area contributed by atoms with E-state index in [2.05, 4.69) is 15.5 Å². The standard InChI is InChI=1S/C13H13ClN4O2/c14-8-1-3-9(4-2-8)15-13(20)18-6-5-11-10(7-18)12(19)17-16-11/h1-4H,5-7H2,(H,15,20)(H2,16,17,19). The average molecular weight is 293 g/mol. The quantitative estimate of drug-likeness (QED) is 0.751. The van der Waals surface area contributed by atoms with Crippen LogP contribution in [0.3, 0.4) is 0 Å². The molecule has 0 atom stereocenters. The van der Waals surface area contributed by atoms with Crippen molar-refractivity contribution in [3.63, 3.8) is 0 Å². The summed E-state index contributed by atoms with van der Waals surface area (Å²) in [5.74, 6) is 0. The highest BCUT2D eigenvalue weighted by molar-refractivity contribution is 6.30. The number of fused-ring (bicyclic) bond motifs is 1. The molecule has 1 aliphatic heterocycles. The Kier molecular flexibility index (Phi) is 3.23. The molecule has 6 nitrogen and oxygen atoms in total. The van der Waals surface area contributed by atoms with Gasteiger partial charge in [0, 0.05) is 29.4 Å². The van der Waals surface area contributed by atoms with Crippen LogP contribution in [-0.4, -0.2) is 27.7 Å². The van der Waals surface area contributed by atoms with E-state index in [1.165, 1.54) is 0 Å². The molecule has 0 unspecified atom stereocenters. The molecular weight excluding hydrogens is 280 g/mol. The lowest BCUT2D eigenvalue weighted by Gasteiger charge is -2.26. The normalized spacial score (nSPS) is 13.9. The van der Waals surface area contributed by atoms with Crippen molar-refractivity contribution >= 4 is 23.3 Å². The number of nitrogens with one attached hydrogen (secondary N) is 3. The van der Waals surface area contributed by atoms with Crippen LogP contribution in [0.25, 0.3) is 0 Å². The summed E-state index contributed by atoms with van der Waals surface area (Å²) in [7, 11) is 0. The summed E-state index contributed by atoms with van der Waals surface area (Å²) in [5.41, 5.74) is 2.02. The van der Waals surface area contributed by atoms with Crippen molar-refractivity contribution in [2.24, 2.45) is 0 Å². The van der Waals surface area contributed by atoms with Gasteiger partial charge in [-0.2, -0.15) is 0 Å². The zero-order valence-corrected chi connectivity index (χ0v) is 11.3. The van der Waals surface area contributed by atoms with Crippen LogP contribution in [0.15, 0.2) is 29.1 Å². The Labute approximate surface area is 119 Å². The van der Waals surface area contributed by atoms with Gasteiger partial charge in [0.25, 0.3) is 5.56 Å². The molecule has 20 heavy (non-hydrogen) atoms. The number of hydrogen-bond donors (Lipinski definition) is 3. The highest BCUT2D eigenvalue weighted by Gasteiger charge is 2.23. The van der Waals surface area contributed by atoms with E-state index in [1.807, 2.05) is 0 Å². The van der Waals surface area contributed by atoms with Crippen LogP contribution in [0.1, 0.15) is 11.3 Å². The SMILES string of the molecule is O=C(Nc1ccc(Cl)cc1)N1CCc2[nH][nH]c(=O)c2C1. The lowest BCUT2D eigenvalue weighted by molar-refractivity contribution is 0.206. The number of urea groups is 1. The fourth-order valence-corrected chi connectivity index (χ4v) is 2.35. The van der Waals surface area contributed by atoms with Gasteiger partial charge in [0.2, 0.25) is 0 Å². The van der Waals surface area contributed by atoms with E-state index < -0.39 is 0 Å². The fraction of sp³-hybridized carbons (Fsp3) is 0.231. The molecule has 1 aromatic carbocycles. The predicted octanol–water partition coefficient (Wildman–Crippen LogP) is 1.95. The Morgan fingerprint density at radius 3 is 2.75 bits per heavy atom. The van der Waals surface area contributed by atoms with Gasteiger partial charge in [0.1, 0.15) is 0 Å². The van der Waals surface area contributed by atoms with Crippen molar-refractivity contribution in [3.8, 4) is 0 Å². The van der Waals surface area contributed by atoms with Crippen LogP contribution in [0.5, 0.6) is 0 Å². The van der Waals surface area contributed by atoms with Crippen molar-refractivity contribution in [2.45, 2.75) is 13.0 Å². The lowest BCUT2D eigenvalue weighted by atomic mass is 10.1. The van der Waals surface area contributed by atoms with Gasteiger partial charge in [-0.3, -0.25) is 9.89 Å². The van der Waals surface area contributed by atoms with Gasteiger partial charge < -0.3 is 15.3 Å². The first-order valence-electron chi connectivity index (χ1n) is 6.23. The Balaban J connectivity index is 1.71. The van der Waals surface area contributed by atoms with Gasteiger partial charge in [-0.1, -0.05) is 11.6 Å². The molecule has 2 heterocycles. The molecule has 3 rings (SSSR count). The maximum Gasteiger partial charge on any atom is 0.322 e. The first-order chi connectivity index (χ1) is 9.63. The second-order valence-corrected chi connectivity index (χ2v) is 5.08. The minimum atomic E-state index is -0.224. The van der Waals surface area contributed by atoms with E-state index in [1.54, 1.807) is 29.2 Å². The topological polar surface area (TPSA) is 81.0 Å². The number of carbonyl (C=O) groups is 1. The molecule has 7 heteroatoms. The Bertz CT molecular complexity index is 689. The molecule has 1 aliphatic rings. The van der Waals surface area contributed by atoms with Crippen LogP contribution in [0.4, 0.5) is 10.5 Å². The smallest absolute Gasteiger partial charge is 0.320 e. The number of aromatic amines is 2. The first-order valence-corrected chi connectivity index (χ1v) is 6.61. The summed E-state index contributed by atoms with van der Waals surface area (Å²) in [6.07, 6.45) is 0.641. The summed E-state index contributed by atoms with van der Waals surface area (Å²) in [6, 6.07) is 6.67. The van der Waals surface area contributed by atoms with E-state index in [4.69, 9.17) is 11.6 Å². The van der Waals surface area contributed by atoms with Crippen molar-refractivity contribution in [1.29, 1.82) is 0 Å². The number of benzene rings is 1. The lowest BCUT2D eigenvalue weighted by Crippen LogP contribution is -2.40. The van der Waals surface area contributed by atoms with E-state index in [0.29, 0.717) is 35.8 Å². The number of carbonyl (C=O) groups excluding carboxylic acids is 1. The molecule has 0 fully saturated rings. The Morgan fingerprint density at radius 2 is 2.00 bits per heavy atom. The van der Waals surface area contributed by atoms with Crippen molar-refractivity contribution in [2.75, 3.05) is 11.9 Å². The molecule has 0 aliphatic carbocycles. The summed E-state index contributed by atoms with van der Waals surface area (Å²) in [6.45, 7) is 0.883. The molecule has 2 aromatic rings. The van der Waals surface area contributed by atoms with Crippen LogP contribution in [0.2, 0.25) is 5.02 Å². The molecule has 3 N–H and O–H groups in total. The van der Waals surface area contributed by atoms with Gasteiger partial charge in [-0.15, -0.1) is 0 Å². The molecule has 0 spiro atoms. The van der Waals surface area contributed by atoms with Crippen LogP contribution >= 0.6 is 11.6 Å². The zero-order valence-electron chi connectivity index (χ0n) is 10.6. The number of rotatable bonds is 1. The number of halogens is 1. The Morgan fingerprint density at radius 1 is 1.25 bits per heavy atom. The predicted molar refractivity (Wildman–Crippen MR) is 76.0 cm³/mol. The van der Waals surface area contributed by atoms with E-state index >= 15 is 0 Å². The highest BCUT2D eigenvalue weighted by Crippen LogP contribution is 2.17.